The molecule has 0 heterocycles. The first-order valence-electron chi connectivity index (χ1n) is 2.04. The predicted molar refractivity (Wildman–Crippen MR) is 34.8 cm³/mol. The van der Waals surface area contributed by atoms with E-state index in [2.05, 4.69) is 0 Å². The van der Waals surface area contributed by atoms with Gasteiger partial charge in [-0.15, -0.1) is 22.2 Å². The SMILES string of the molecule is CC(C)[Si](O)(Cl)Cl. The molecule has 0 saturated carbocycles. The molecule has 0 aliphatic rings. The van der Waals surface area contributed by atoms with Crippen LogP contribution >= 0.6 is 22.2 Å². The normalized spacial score (nSPS) is 12.9. The van der Waals surface area contributed by atoms with E-state index in [1.807, 2.05) is 0 Å². The minimum Gasteiger partial charge on any atom is -0.408 e. The lowest BCUT2D eigenvalue weighted by atomic mass is 10.6. The average molecular weight is 159 g/mol. The molecule has 0 aromatic heterocycles. The van der Waals surface area contributed by atoms with Crippen LogP contribution in [-0.2, 0) is 0 Å². The fourth-order valence-electron chi connectivity index (χ4n) is 0. The number of rotatable bonds is 1. The van der Waals surface area contributed by atoms with Crippen LogP contribution in [0.4, 0.5) is 0 Å². The van der Waals surface area contributed by atoms with Gasteiger partial charge < -0.3 is 4.80 Å². The van der Waals surface area contributed by atoms with Gasteiger partial charge in [0.1, 0.15) is 0 Å². The molecule has 0 atom stereocenters. The van der Waals surface area contributed by atoms with E-state index in [9.17, 15) is 0 Å². The Morgan fingerprint density at radius 1 is 1.43 bits per heavy atom. The Bertz CT molecular complexity index is 58.4. The van der Waals surface area contributed by atoms with Crippen molar-refractivity contribution in [1.82, 2.24) is 0 Å². The Morgan fingerprint density at radius 2 is 1.57 bits per heavy atom. The highest BCUT2D eigenvalue weighted by Crippen LogP contribution is 2.24. The van der Waals surface area contributed by atoms with Crippen LogP contribution in [-0.4, -0.2) is 11.7 Å². The van der Waals surface area contributed by atoms with Gasteiger partial charge in [-0.1, -0.05) is 13.8 Å². The van der Waals surface area contributed by atoms with Gasteiger partial charge in [-0.3, -0.25) is 0 Å². The molecule has 0 unspecified atom stereocenters. The fraction of sp³-hybridized carbons (Fsp3) is 1.00. The summed E-state index contributed by atoms with van der Waals surface area (Å²) in [7, 11) is 0. The van der Waals surface area contributed by atoms with Gasteiger partial charge in [-0.2, -0.15) is 0 Å². The van der Waals surface area contributed by atoms with Crippen LogP contribution in [0.1, 0.15) is 13.8 Å². The van der Waals surface area contributed by atoms with E-state index in [1.54, 1.807) is 13.8 Å². The molecule has 0 aliphatic carbocycles. The van der Waals surface area contributed by atoms with E-state index in [1.165, 1.54) is 0 Å². The summed E-state index contributed by atoms with van der Waals surface area (Å²) in [5, 5.41) is 0. The van der Waals surface area contributed by atoms with Gasteiger partial charge in [0.05, 0.1) is 0 Å². The first-order chi connectivity index (χ1) is 2.94. The van der Waals surface area contributed by atoms with Crippen molar-refractivity contribution in [2.24, 2.45) is 0 Å². The minimum atomic E-state index is -2.79. The van der Waals surface area contributed by atoms with Crippen LogP contribution in [0, 0.1) is 0 Å². The van der Waals surface area contributed by atoms with Gasteiger partial charge in [0.2, 0.25) is 0 Å². The predicted octanol–water partition coefficient (Wildman–Crippen LogP) is 1.81. The van der Waals surface area contributed by atoms with Crippen molar-refractivity contribution in [3.05, 3.63) is 0 Å². The molecule has 44 valence electrons. The highest BCUT2D eigenvalue weighted by molar-refractivity contribution is 7.42. The van der Waals surface area contributed by atoms with E-state index >= 15 is 0 Å². The minimum absolute atomic E-state index is 0.0239. The lowest BCUT2D eigenvalue weighted by Gasteiger charge is -2.10. The van der Waals surface area contributed by atoms with E-state index in [4.69, 9.17) is 27.0 Å². The van der Waals surface area contributed by atoms with Crippen molar-refractivity contribution in [2.45, 2.75) is 19.4 Å². The average Bonchev–Trinajstić information content (AvgIpc) is 1.31. The Labute approximate surface area is 53.8 Å². The maximum Gasteiger partial charge on any atom is 0.389 e. The molecule has 0 aromatic carbocycles. The summed E-state index contributed by atoms with van der Waals surface area (Å²) in [4.78, 5) is 8.76. The molecule has 0 aromatic rings. The van der Waals surface area contributed by atoms with Gasteiger partial charge in [-0.25, -0.2) is 0 Å². The molecule has 1 nitrogen and oxygen atoms in total. The molecule has 0 bridgehead atoms. The molecule has 0 fully saturated rings. The molecule has 0 aliphatic heterocycles. The second kappa shape index (κ2) is 2.35. The smallest absolute Gasteiger partial charge is 0.389 e. The molecule has 0 amide bonds. The quantitative estimate of drug-likeness (QED) is 0.457. The Balaban J connectivity index is 3.54. The van der Waals surface area contributed by atoms with Crippen LogP contribution < -0.4 is 0 Å². The summed E-state index contributed by atoms with van der Waals surface area (Å²) in [5.41, 5.74) is 0.0239. The van der Waals surface area contributed by atoms with Gasteiger partial charge >= 0.3 is 6.94 Å². The van der Waals surface area contributed by atoms with Crippen molar-refractivity contribution < 1.29 is 4.80 Å². The topological polar surface area (TPSA) is 20.2 Å². The van der Waals surface area contributed by atoms with Crippen LogP contribution in [0.5, 0.6) is 0 Å². The molecule has 0 saturated heterocycles. The largest absolute Gasteiger partial charge is 0.408 e. The summed E-state index contributed by atoms with van der Waals surface area (Å²) < 4.78 is 0. The van der Waals surface area contributed by atoms with E-state index in [0.29, 0.717) is 0 Å². The maximum absolute atomic E-state index is 8.76. The third-order valence-electron chi connectivity index (χ3n) is 0.695. The van der Waals surface area contributed by atoms with Gasteiger partial charge in [0, 0.05) is 0 Å². The standard InChI is InChI=1S/C3H8Cl2OSi/c1-3(2)7(4,5)6/h3,6H,1-2H3. The van der Waals surface area contributed by atoms with Crippen molar-refractivity contribution in [1.29, 1.82) is 0 Å². The van der Waals surface area contributed by atoms with Crippen LogP contribution in [0.2, 0.25) is 5.54 Å². The zero-order valence-corrected chi connectivity index (χ0v) is 6.79. The first-order valence-corrected chi connectivity index (χ1v) is 6.09. The third-order valence-corrected chi connectivity index (χ3v) is 4.70. The Kier molecular flexibility index (Phi) is 2.61. The summed E-state index contributed by atoms with van der Waals surface area (Å²) in [6.07, 6.45) is 0. The molecular weight excluding hydrogens is 151 g/mol. The van der Waals surface area contributed by atoms with Crippen molar-refractivity contribution in [3.63, 3.8) is 0 Å². The summed E-state index contributed by atoms with van der Waals surface area (Å²) in [6.45, 7) is 0.806. The van der Waals surface area contributed by atoms with E-state index in [0.717, 1.165) is 0 Å². The van der Waals surface area contributed by atoms with Crippen molar-refractivity contribution in [2.75, 3.05) is 0 Å². The molecule has 4 heteroatoms. The third kappa shape index (κ3) is 3.35. The van der Waals surface area contributed by atoms with Gasteiger partial charge in [-0.05, 0) is 5.54 Å². The van der Waals surface area contributed by atoms with Gasteiger partial charge in [0.15, 0.2) is 0 Å². The second-order valence-electron chi connectivity index (χ2n) is 1.74. The maximum atomic E-state index is 8.76. The molecule has 0 radical (unpaired) electrons. The molecule has 0 spiro atoms. The molecular formula is C3H8Cl2OSi. The second-order valence-corrected chi connectivity index (χ2v) is 8.11. The summed E-state index contributed by atoms with van der Waals surface area (Å²) >= 11 is 10.7. The van der Waals surface area contributed by atoms with Crippen LogP contribution in [0.25, 0.3) is 0 Å². The lowest BCUT2D eigenvalue weighted by Crippen LogP contribution is -2.22. The number of hydrogen-bond donors (Lipinski definition) is 1. The zero-order valence-electron chi connectivity index (χ0n) is 4.28. The Hall–Kier alpha value is 0.757. The highest BCUT2D eigenvalue weighted by atomic mass is 35.7. The zero-order chi connectivity index (χ0) is 6.08. The molecule has 0 rings (SSSR count). The molecule has 7 heavy (non-hydrogen) atoms. The lowest BCUT2D eigenvalue weighted by molar-refractivity contribution is 0.567. The van der Waals surface area contributed by atoms with E-state index < -0.39 is 6.94 Å². The highest BCUT2D eigenvalue weighted by Gasteiger charge is 2.29. The molecule has 1 N–H and O–H groups in total. The number of hydrogen-bond acceptors (Lipinski definition) is 1. The van der Waals surface area contributed by atoms with Crippen molar-refractivity contribution in [3.8, 4) is 0 Å². The monoisotopic (exact) mass is 158 g/mol. The fourth-order valence-corrected chi connectivity index (χ4v) is 0. The van der Waals surface area contributed by atoms with Crippen LogP contribution in [0.15, 0.2) is 0 Å². The first kappa shape index (κ1) is 7.76. The van der Waals surface area contributed by atoms with Gasteiger partial charge in [0.25, 0.3) is 0 Å². The van der Waals surface area contributed by atoms with Crippen LogP contribution in [0.3, 0.4) is 0 Å². The number of halogens is 2. The summed E-state index contributed by atoms with van der Waals surface area (Å²) in [6, 6.07) is 0. The summed E-state index contributed by atoms with van der Waals surface area (Å²) in [5.74, 6) is 0. The van der Waals surface area contributed by atoms with E-state index in [-0.39, 0.29) is 5.54 Å². The van der Waals surface area contributed by atoms with Crippen molar-refractivity contribution >= 4 is 29.1 Å². The Morgan fingerprint density at radius 3 is 1.57 bits per heavy atom.